The number of hydrogen-bond acceptors (Lipinski definition) is 3. The van der Waals surface area contributed by atoms with Crippen LogP contribution in [0.2, 0.25) is 0 Å². The average Bonchev–Trinajstić information content (AvgIpc) is 2.38. The lowest BCUT2D eigenvalue weighted by atomic mass is 10.1. The minimum absolute atomic E-state index is 0.264. The van der Waals surface area contributed by atoms with Gasteiger partial charge in [0.1, 0.15) is 5.75 Å². The summed E-state index contributed by atoms with van der Waals surface area (Å²) in [6.45, 7) is 1.79. The van der Waals surface area contributed by atoms with Crippen LogP contribution < -0.4 is 10.1 Å². The summed E-state index contributed by atoms with van der Waals surface area (Å²) >= 11 is 0. The molecule has 0 aliphatic rings. The van der Waals surface area contributed by atoms with E-state index >= 15 is 0 Å². The second-order valence-electron chi connectivity index (χ2n) is 4.20. The second-order valence-corrected chi connectivity index (χ2v) is 4.20. The van der Waals surface area contributed by atoms with Gasteiger partial charge < -0.3 is 15.2 Å². The lowest BCUT2D eigenvalue weighted by Gasteiger charge is -2.05. The fraction of sp³-hybridized carbons (Fsp3) is 0.500. The van der Waals surface area contributed by atoms with Gasteiger partial charge in [-0.05, 0) is 50.0 Å². The van der Waals surface area contributed by atoms with E-state index in [9.17, 15) is 4.79 Å². The number of hydrogen-bond donors (Lipinski definition) is 2. The van der Waals surface area contributed by atoms with Crippen LogP contribution in [0.1, 0.15) is 24.8 Å². The third-order valence-electron chi connectivity index (χ3n) is 2.74. The van der Waals surface area contributed by atoms with Gasteiger partial charge in [-0.2, -0.15) is 0 Å². The molecule has 0 aliphatic heterocycles. The van der Waals surface area contributed by atoms with Gasteiger partial charge in [0.05, 0.1) is 7.11 Å². The Labute approximate surface area is 108 Å². The number of carboxylic acids is 1. The number of unbranched alkanes of at least 4 members (excludes halogenated alkanes) is 1. The molecule has 0 atom stereocenters. The van der Waals surface area contributed by atoms with Crippen LogP contribution in [-0.4, -0.2) is 31.3 Å². The van der Waals surface area contributed by atoms with E-state index in [1.807, 2.05) is 12.1 Å². The van der Waals surface area contributed by atoms with E-state index < -0.39 is 5.97 Å². The Bertz CT molecular complexity index is 349. The van der Waals surface area contributed by atoms with Crippen LogP contribution in [0.4, 0.5) is 0 Å². The molecule has 0 bridgehead atoms. The molecule has 0 aromatic heterocycles. The summed E-state index contributed by atoms with van der Waals surface area (Å²) in [6, 6.07) is 8.04. The molecule has 4 nitrogen and oxygen atoms in total. The van der Waals surface area contributed by atoms with Gasteiger partial charge in [-0.3, -0.25) is 4.79 Å². The van der Waals surface area contributed by atoms with Crippen LogP contribution in [0.25, 0.3) is 0 Å². The Morgan fingerprint density at radius 3 is 2.56 bits per heavy atom. The topological polar surface area (TPSA) is 58.6 Å². The Hall–Kier alpha value is -1.55. The standard InChI is InChI=1S/C14H21NO3/c1-18-13-7-5-12(6-8-13)9-11-15-10-3-2-4-14(16)17/h5-8,15H,2-4,9-11H2,1H3,(H,16,17). The molecular formula is C14H21NO3. The van der Waals surface area contributed by atoms with E-state index in [-0.39, 0.29) is 6.42 Å². The smallest absolute Gasteiger partial charge is 0.303 e. The first-order chi connectivity index (χ1) is 8.72. The summed E-state index contributed by atoms with van der Waals surface area (Å²) in [6.07, 6.45) is 2.89. The maximum atomic E-state index is 10.3. The van der Waals surface area contributed by atoms with Crippen molar-refractivity contribution in [3.05, 3.63) is 29.8 Å². The number of rotatable bonds is 9. The molecule has 100 valence electrons. The average molecular weight is 251 g/mol. The number of benzene rings is 1. The van der Waals surface area contributed by atoms with Crippen molar-refractivity contribution < 1.29 is 14.6 Å². The lowest BCUT2D eigenvalue weighted by Crippen LogP contribution is -2.18. The zero-order valence-electron chi connectivity index (χ0n) is 10.8. The van der Waals surface area contributed by atoms with Crippen LogP contribution in [-0.2, 0) is 11.2 Å². The van der Waals surface area contributed by atoms with Crippen molar-refractivity contribution in [1.29, 1.82) is 0 Å². The zero-order chi connectivity index (χ0) is 13.2. The van der Waals surface area contributed by atoms with Crippen molar-refractivity contribution >= 4 is 5.97 Å². The Balaban J connectivity index is 2.05. The Morgan fingerprint density at radius 1 is 1.22 bits per heavy atom. The number of nitrogens with one attached hydrogen (secondary N) is 1. The van der Waals surface area contributed by atoms with E-state index in [4.69, 9.17) is 9.84 Å². The molecule has 1 rings (SSSR count). The van der Waals surface area contributed by atoms with E-state index in [1.54, 1.807) is 7.11 Å². The highest BCUT2D eigenvalue weighted by Gasteiger charge is 1.97. The molecule has 0 saturated heterocycles. The number of ether oxygens (including phenoxy) is 1. The molecule has 0 aliphatic carbocycles. The van der Waals surface area contributed by atoms with Gasteiger partial charge in [-0.1, -0.05) is 12.1 Å². The van der Waals surface area contributed by atoms with Crippen LogP contribution in [0.5, 0.6) is 5.75 Å². The first-order valence-electron chi connectivity index (χ1n) is 6.28. The number of methoxy groups -OCH3 is 1. The maximum absolute atomic E-state index is 10.3. The maximum Gasteiger partial charge on any atom is 0.303 e. The van der Waals surface area contributed by atoms with Crippen LogP contribution in [0, 0.1) is 0 Å². The monoisotopic (exact) mass is 251 g/mol. The highest BCUT2D eigenvalue weighted by Crippen LogP contribution is 2.11. The fourth-order valence-corrected chi connectivity index (χ4v) is 1.68. The molecule has 2 N–H and O–H groups in total. The number of aliphatic carboxylic acids is 1. The minimum Gasteiger partial charge on any atom is -0.497 e. The molecule has 18 heavy (non-hydrogen) atoms. The number of carboxylic acid groups (broad SMARTS) is 1. The first-order valence-corrected chi connectivity index (χ1v) is 6.28. The summed E-state index contributed by atoms with van der Waals surface area (Å²) in [7, 11) is 1.66. The molecular weight excluding hydrogens is 230 g/mol. The third kappa shape index (κ3) is 6.25. The molecule has 4 heteroatoms. The van der Waals surface area contributed by atoms with Gasteiger partial charge in [-0.25, -0.2) is 0 Å². The Morgan fingerprint density at radius 2 is 1.94 bits per heavy atom. The zero-order valence-corrected chi connectivity index (χ0v) is 10.8. The highest BCUT2D eigenvalue weighted by molar-refractivity contribution is 5.66. The highest BCUT2D eigenvalue weighted by atomic mass is 16.5. The van der Waals surface area contributed by atoms with E-state index in [2.05, 4.69) is 17.4 Å². The fourth-order valence-electron chi connectivity index (χ4n) is 1.68. The van der Waals surface area contributed by atoms with Crippen molar-refractivity contribution in [2.75, 3.05) is 20.2 Å². The summed E-state index contributed by atoms with van der Waals surface area (Å²) in [4.78, 5) is 10.3. The van der Waals surface area contributed by atoms with Crippen molar-refractivity contribution in [3.63, 3.8) is 0 Å². The van der Waals surface area contributed by atoms with Crippen molar-refractivity contribution in [1.82, 2.24) is 5.32 Å². The molecule has 0 saturated carbocycles. The van der Waals surface area contributed by atoms with Gasteiger partial charge in [-0.15, -0.1) is 0 Å². The summed E-state index contributed by atoms with van der Waals surface area (Å²) in [5.41, 5.74) is 1.27. The van der Waals surface area contributed by atoms with Crippen LogP contribution >= 0.6 is 0 Å². The molecule has 0 fully saturated rings. The van der Waals surface area contributed by atoms with Crippen molar-refractivity contribution in [3.8, 4) is 5.75 Å². The van der Waals surface area contributed by atoms with Crippen LogP contribution in [0.15, 0.2) is 24.3 Å². The summed E-state index contributed by atoms with van der Waals surface area (Å²) < 4.78 is 5.09. The van der Waals surface area contributed by atoms with Crippen LogP contribution in [0.3, 0.4) is 0 Å². The predicted molar refractivity (Wildman–Crippen MR) is 71.1 cm³/mol. The summed E-state index contributed by atoms with van der Waals surface area (Å²) in [5.74, 6) is 0.161. The van der Waals surface area contributed by atoms with Crippen molar-refractivity contribution in [2.45, 2.75) is 25.7 Å². The van der Waals surface area contributed by atoms with Gasteiger partial charge in [0.2, 0.25) is 0 Å². The molecule has 0 spiro atoms. The van der Waals surface area contributed by atoms with E-state index in [1.165, 1.54) is 5.56 Å². The predicted octanol–water partition coefficient (Wildman–Crippen LogP) is 2.08. The summed E-state index contributed by atoms with van der Waals surface area (Å²) in [5, 5.41) is 11.8. The van der Waals surface area contributed by atoms with E-state index in [0.29, 0.717) is 0 Å². The lowest BCUT2D eigenvalue weighted by molar-refractivity contribution is -0.137. The third-order valence-corrected chi connectivity index (χ3v) is 2.74. The molecule has 0 radical (unpaired) electrons. The molecule has 0 amide bonds. The van der Waals surface area contributed by atoms with Gasteiger partial charge in [0.15, 0.2) is 0 Å². The second kappa shape index (κ2) is 8.53. The number of carbonyl (C=O) groups is 1. The van der Waals surface area contributed by atoms with Gasteiger partial charge in [0.25, 0.3) is 0 Å². The van der Waals surface area contributed by atoms with Crippen molar-refractivity contribution in [2.24, 2.45) is 0 Å². The largest absolute Gasteiger partial charge is 0.497 e. The first kappa shape index (κ1) is 14.5. The normalized spacial score (nSPS) is 10.3. The van der Waals surface area contributed by atoms with E-state index in [0.717, 1.165) is 38.1 Å². The molecule has 1 aromatic carbocycles. The Kier molecular flexibility index (Phi) is 6.87. The van der Waals surface area contributed by atoms with Gasteiger partial charge >= 0.3 is 5.97 Å². The van der Waals surface area contributed by atoms with Gasteiger partial charge in [0, 0.05) is 6.42 Å². The molecule has 0 heterocycles. The quantitative estimate of drug-likeness (QED) is 0.660. The molecule has 0 unspecified atom stereocenters. The minimum atomic E-state index is -0.715. The molecule has 1 aromatic rings. The SMILES string of the molecule is COc1ccc(CCNCCCCC(=O)O)cc1.